The van der Waals surface area contributed by atoms with Gasteiger partial charge in [0, 0.05) is 36.6 Å². The number of phenolic OH excluding ortho intramolecular Hbond substituents is 1. The molecule has 0 radical (unpaired) electrons. The minimum Gasteiger partial charge on any atom is -0.508 e. The van der Waals surface area contributed by atoms with Crippen LogP contribution in [0.3, 0.4) is 0 Å². The number of benzene rings is 2. The predicted octanol–water partition coefficient (Wildman–Crippen LogP) is 1.81. The Hall–Kier alpha value is -5.94. The SMILES string of the molecule is CC(=O)NC(Cc1ccc(O)cc1)C(=O)NC(C(=O)NC(C)C(=O)NC(CC(=O)O)C(=O)Nc1ccc2c(C(F)(F)F)cc(=O)oc2c1)C(C)C. The van der Waals surface area contributed by atoms with Crippen LogP contribution in [0.2, 0.25) is 0 Å². The molecule has 3 aromatic rings. The van der Waals surface area contributed by atoms with Gasteiger partial charge in [0.05, 0.1) is 12.0 Å². The Balaban J connectivity index is 1.71. The third-order valence-corrected chi connectivity index (χ3v) is 7.40. The Morgan fingerprint density at radius 1 is 0.804 bits per heavy atom. The van der Waals surface area contributed by atoms with Gasteiger partial charge in [0.15, 0.2) is 0 Å². The van der Waals surface area contributed by atoms with Crippen molar-refractivity contribution in [1.82, 2.24) is 21.3 Å². The minimum atomic E-state index is -4.88. The first-order valence-corrected chi connectivity index (χ1v) is 15.4. The summed E-state index contributed by atoms with van der Waals surface area (Å²) in [6.07, 6.45) is -5.80. The molecule has 0 spiro atoms. The van der Waals surface area contributed by atoms with E-state index < -0.39 is 100 Å². The van der Waals surface area contributed by atoms with Crippen molar-refractivity contribution in [3.05, 3.63) is 70.1 Å². The Morgan fingerprint density at radius 2 is 1.45 bits per heavy atom. The lowest BCUT2D eigenvalue weighted by Gasteiger charge is -2.27. The van der Waals surface area contributed by atoms with E-state index in [1.807, 2.05) is 0 Å². The maximum absolute atomic E-state index is 13.4. The molecule has 274 valence electrons. The van der Waals surface area contributed by atoms with E-state index >= 15 is 0 Å². The molecule has 3 rings (SSSR count). The maximum atomic E-state index is 13.4. The molecule has 0 saturated carbocycles. The molecule has 0 aliphatic carbocycles. The van der Waals surface area contributed by atoms with Gasteiger partial charge in [0.1, 0.15) is 35.5 Å². The molecule has 0 bridgehead atoms. The molecule has 15 nitrogen and oxygen atoms in total. The Labute approximate surface area is 288 Å². The van der Waals surface area contributed by atoms with Gasteiger partial charge in [-0.15, -0.1) is 0 Å². The van der Waals surface area contributed by atoms with Crippen LogP contribution in [0.25, 0.3) is 11.0 Å². The van der Waals surface area contributed by atoms with Crippen molar-refractivity contribution in [2.24, 2.45) is 5.92 Å². The number of nitrogens with one attached hydrogen (secondary N) is 5. The average Bonchev–Trinajstić information content (AvgIpc) is 3.02. The van der Waals surface area contributed by atoms with Crippen LogP contribution in [-0.4, -0.2) is 69.9 Å². The third kappa shape index (κ3) is 11.3. The minimum absolute atomic E-state index is 0.00374. The Kier molecular flexibility index (Phi) is 12.9. The number of rotatable bonds is 14. The van der Waals surface area contributed by atoms with Gasteiger partial charge in [-0.05, 0) is 42.7 Å². The molecule has 1 heterocycles. The fourth-order valence-electron chi connectivity index (χ4n) is 4.86. The second kappa shape index (κ2) is 16.6. The van der Waals surface area contributed by atoms with Crippen LogP contribution in [0.5, 0.6) is 5.75 Å². The molecule has 0 aliphatic rings. The van der Waals surface area contributed by atoms with Gasteiger partial charge >= 0.3 is 17.8 Å². The van der Waals surface area contributed by atoms with Crippen molar-refractivity contribution in [1.29, 1.82) is 0 Å². The first kappa shape index (κ1) is 39.5. The van der Waals surface area contributed by atoms with Gasteiger partial charge in [-0.25, -0.2) is 4.79 Å². The van der Waals surface area contributed by atoms with Gasteiger partial charge < -0.3 is 41.2 Å². The molecule has 51 heavy (non-hydrogen) atoms. The highest BCUT2D eigenvalue weighted by atomic mass is 19.4. The number of alkyl halides is 3. The van der Waals surface area contributed by atoms with E-state index in [0.717, 1.165) is 18.2 Å². The van der Waals surface area contributed by atoms with Crippen LogP contribution < -0.4 is 32.2 Å². The zero-order chi connectivity index (χ0) is 38.2. The Bertz CT molecular complexity index is 1860. The van der Waals surface area contributed by atoms with Gasteiger partial charge in [0.25, 0.3) is 0 Å². The number of carbonyl (C=O) groups is 6. The van der Waals surface area contributed by atoms with Gasteiger partial charge in [-0.3, -0.25) is 28.8 Å². The molecule has 7 N–H and O–H groups in total. The van der Waals surface area contributed by atoms with E-state index in [1.165, 1.54) is 26.0 Å². The summed E-state index contributed by atoms with van der Waals surface area (Å²) in [4.78, 5) is 87.6. The molecule has 4 atom stereocenters. The van der Waals surface area contributed by atoms with Crippen LogP contribution >= 0.6 is 0 Å². The van der Waals surface area contributed by atoms with Gasteiger partial charge in [-0.2, -0.15) is 13.2 Å². The highest BCUT2D eigenvalue weighted by molar-refractivity contribution is 6.01. The van der Waals surface area contributed by atoms with E-state index in [4.69, 9.17) is 4.42 Å². The molecule has 0 fully saturated rings. The molecule has 0 aliphatic heterocycles. The zero-order valence-electron chi connectivity index (χ0n) is 27.7. The fourth-order valence-corrected chi connectivity index (χ4v) is 4.86. The number of carbonyl (C=O) groups excluding carboxylic acids is 5. The van der Waals surface area contributed by atoms with Crippen molar-refractivity contribution in [3.8, 4) is 5.75 Å². The predicted molar refractivity (Wildman–Crippen MR) is 174 cm³/mol. The summed E-state index contributed by atoms with van der Waals surface area (Å²) in [5, 5.41) is 30.4. The lowest BCUT2D eigenvalue weighted by molar-refractivity contribution is -0.140. The summed E-state index contributed by atoms with van der Waals surface area (Å²) in [5.74, 6) is -6.19. The van der Waals surface area contributed by atoms with Crippen molar-refractivity contribution in [2.45, 2.75) is 70.9 Å². The van der Waals surface area contributed by atoms with Crippen molar-refractivity contribution in [2.75, 3.05) is 5.32 Å². The van der Waals surface area contributed by atoms with E-state index in [-0.39, 0.29) is 23.9 Å². The monoisotopic (exact) mass is 719 g/mol. The number of anilines is 1. The van der Waals surface area contributed by atoms with E-state index in [2.05, 4.69) is 26.6 Å². The van der Waals surface area contributed by atoms with Crippen LogP contribution in [0.1, 0.15) is 45.2 Å². The topological polar surface area (TPSA) is 233 Å². The number of phenols is 1. The van der Waals surface area contributed by atoms with Crippen LogP contribution in [0, 0.1) is 5.92 Å². The van der Waals surface area contributed by atoms with Crippen LogP contribution in [0.4, 0.5) is 18.9 Å². The number of carboxylic acids is 1. The van der Waals surface area contributed by atoms with E-state index in [1.54, 1.807) is 26.0 Å². The fraction of sp³-hybridized carbons (Fsp3) is 0.364. The Morgan fingerprint density at radius 3 is 2.02 bits per heavy atom. The standard InChI is InChI=1S/C33H36F3N5O10/c1-15(2)28(41-31(49)23(38-17(4)42)11-18-5-8-20(43)9-6-18)32(50)37-16(3)29(47)40-24(14-26(44)45)30(48)39-19-7-10-21-22(33(34,35)36)13-27(46)51-25(21)12-19/h5-10,12-13,15-16,23-24,28,43H,11,14H2,1-4H3,(H,37,50)(H,38,42)(H,39,48)(H,40,47)(H,41,49)(H,44,45). The van der Waals surface area contributed by atoms with Crippen molar-refractivity contribution >= 4 is 52.2 Å². The summed E-state index contributed by atoms with van der Waals surface area (Å²) in [6, 6.07) is 3.67. The van der Waals surface area contributed by atoms with Gasteiger partial charge in [-0.1, -0.05) is 26.0 Å². The summed E-state index contributed by atoms with van der Waals surface area (Å²) < 4.78 is 45.0. The second-order valence-electron chi connectivity index (χ2n) is 11.9. The second-order valence-corrected chi connectivity index (χ2v) is 11.9. The van der Waals surface area contributed by atoms with Crippen molar-refractivity contribution < 1.29 is 56.6 Å². The van der Waals surface area contributed by atoms with Gasteiger partial charge in [0.2, 0.25) is 29.5 Å². The number of aromatic hydroxyl groups is 1. The summed E-state index contributed by atoms with van der Waals surface area (Å²) in [5.41, 5.74) is -2.66. The quantitative estimate of drug-likeness (QED) is 0.119. The number of hydrogen-bond donors (Lipinski definition) is 7. The average molecular weight is 720 g/mol. The zero-order valence-corrected chi connectivity index (χ0v) is 27.7. The van der Waals surface area contributed by atoms with Crippen molar-refractivity contribution in [3.63, 3.8) is 0 Å². The highest BCUT2D eigenvalue weighted by Crippen LogP contribution is 2.34. The molecule has 5 amide bonds. The lowest BCUT2D eigenvalue weighted by atomic mass is 10.0. The third-order valence-electron chi connectivity index (χ3n) is 7.40. The molecular weight excluding hydrogens is 683 g/mol. The first-order chi connectivity index (χ1) is 23.7. The molecule has 0 saturated heterocycles. The maximum Gasteiger partial charge on any atom is 0.417 e. The molecule has 18 heteroatoms. The summed E-state index contributed by atoms with van der Waals surface area (Å²) >= 11 is 0. The number of aliphatic carboxylic acids is 1. The van der Waals surface area contributed by atoms with Crippen LogP contribution in [0.15, 0.2) is 57.7 Å². The number of carboxylic acid groups (broad SMARTS) is 1. The number of fused-ring (bicyclic) bond motifs is 1. The number of hydrogen-bond acceptors (Lipinski definition) is 9. The summed E-state index contributed by atoms with van der Waals surface area (Å²) in [7, 11) is 0. The molecular formula is C33H36F3N5O10. The lowest BCUT2D eigenvalue weighted by Crippen LogP contribution is -2.58. The number of amides is 5. The first-order valence-electron chi connectivity index (χ1n) is 15.4. The molecule has 4 unspecified atom stereocenters. The normalized spacial score (nSPS) is 13.7. The molecule has 1 aromatic heterocycles. The molecule has 2 aromatic carbocycles. The largest absolute Gasteiger partial charge is 0.508 e. The van der Waals surface area contributed by atoms with Crippen LogP contribution in [-0.2, 0) is 41.4 Å². The van der Waals surface area contributed by atoms with E-state index in [9.17, 15) is 56.9 Å². The van der Waals surface area contributed by atoms with E-state index in [0.29, 0.717) is 5.56 Å². The smallest absolute Gasteiger partial charge is 0.417 e. The number of halogens is 3. The summed E-state index contributed by atoms with van der Waals surface area (Å²) in [6.45, 7) is 5.65. The highest BCUT2D eigenvalue weighted by Gasteiger charge is 2.35.